The van der Waals surface area contributed by atoms with Crippen molar-refractivity contribution in [3.8, 4) is 11.6 Å². The second-order valence-corrected chi connectivity index (χ2v) is 4.49. The summed E-state index contributed by atoms with van der Waals surface area (Å²) >= 11 is 5.74. The predicted octanol–water partition coefficient (Wildman–Crippen LogP) is 3.44. The molecule has 7 nitrogen and oxygen atoms in total. The van der Waals surface area contributed by atoms with Crippen molar-refractivity contribution in [2.75, 3.05) is 0 Å². The number of ether oxygens (including phenoxy) is 1. The molecule has 0 unspecified atom stereocenters. The van der Waals surface area contributed by atoms with Crippen molar-refractivity contribution < 1.29 is 19.6 Å². The summed E-state index contributed by atoms with van der Waals surface area (Å²) in [6, 6.07) is 5.40. The number of carboxylic acid groups (broad SMARTS) is 1. The van der Waals surface area contributed by atoms with E-state index >= 15 is 0 Å². The molecule has 1 aromatic carbocycles. The molecule has 0 spiro atoms. The Hall–Kier alpha value is -2.67. The number of nitrogens with zero attached hydrogens (tertiary/aromatic N) is 2. The van der Waals surface area contributed by atoms with Crippen molar-refractivity contribution in [1.29, 1.82) is 0 Å². The molecule has 8 heteroatoms. The first-order valence-corrected chi connectivity index (χ1v) is 6.08. The summed E-state index contributed by atoms with van der Waals surface area (Å²) in [5.74, 6) is -1.34. The van der Waals surface area contributed by atoms with Crippen LogP contribution in [0.2, 0.25) is 5.02 Å². The number of rotatable bonds is 4. The van der Waals surface area contributed by atoms with Gasteiger partial charge in [0, 0.05) is 11.8 Å². The lowest BCUT2D eigenvalue weighted by Crippen LogP contribution is -2.00. The number of aromatic carboxylic acids is 1. The van der Waals surface area contributed by atoms with Crippen LogP contribution in [0.5, 0.6) is 11.6 Å². The van der Waals surface area contributed by atoms with Crippen LogP contribution in [0.4, 0.5) is 5.69 Å². The fourth-order valence-corrected chi connectivity index (χ4v) is 1.86. The topological polar surface area (TPSA) is 103 Å². The quantitative estimate of drug-likeness (QED) is 0.685. The maximum absolute atomic E-state index is 11.0. The van der Waals surface area contributed by atoms with Crippen molar-refractivity contribution in [2.45, 2.75) is 6.92 Å². The molecule has 21 heavy (non-hydrogen) atoms. The van der Waals surface area contributed by atoms with E-state index in [1.807, 2.05) is 0 Å². The van der Waals surface area contributed by atoms with E-state index in [1.165, 1.54) is 30.5 Å². The summed E-state index contributed by atoms with van der Waals surface area (Å²) in [6.07, 6.45) is 1.37. The summed E-state index contributed by atoms with van der Waals surface area (Å²) in [5, 5.41) is 20.1. The van der Waals surface area contributed by atoms with E-state index in [0.29, 0.717) is 5.56 Å². The average molecular weight is 309 g/mol. The molecular weight excluding hydrogens is 300 g/mol. The molecule has 1 N–H and O–H groups in total. The molecule has 1 aromatic heterocycles. The minimum absolute atomic E-state index is 0.0431. The van der Waals surface area contributed by atoms with Gasteiger partial charge in [-0.15, -0.1) is 0 Å². The fourth-order valence-electron chi connectivity index (χ4n) is 1.67. The standard InChI is InChI=1S/C13H9ClN2O5/c1-7-4-5-15-12(11(7)16(19)20)21-8-2-3-10(14)9(6-8)13(17)18/h2-6H,1H3,(H,17,18). The van der Waals surface area contributed by atoms with E-state index in [1.54, 1.807) is 6.92 Å². The Bertz CT molecular complexity index is 732. The molecule has 0 radical (unpaired) electrons. The maximum atomic E-state index is 11.0. The van der Waals surface area contributed by atoms with Crippen LogP contribution in [0.1, 0.15) is 15.9 Å². The molecule has 0 aliphatic rings. The van der Waals surface area contributed by atoms with Gasteiger partial charge in [-0.2, -0.15) is 0 Å². The highest BCUT2D eigenvalue weighted by Gasteiger charge is 2.21. The highest BCUT2D eigenvalue weighted by molar-refractivity contribution is 6.33. The number of hydrogen-bond acceptors (Lipinski definition) is 5. The number of carboxylic acids is 1. The lowest BCUT2D eigenvalue weighted by molar-refractivity contribution is -0.386. The summed E-state index contributed by atoms with van der Waals surface area (Å²) in [5.41, 5.74) is -0.0498. The van der Waals surface area contributed by atoms with Crippen molar-refractivity contribution in [1.82, 2.24) is 4.98 Å². The number of hydrogen-bond donors (Lipinski definition) is 1. The molecule has 0 aliphatic carbocycles. The highest BCUT2D eigenvalue weighted by atomic mass is 35.5. The molecule has 0 saturated carbocycles. The second kappa shape index (κ2) is 5.76. The lowest BCUT2D eigenvalue weighted by Gasteiger charge is -2.07. The zero-order chi connectivity index (χ0) is 15.6. The van der Waals surface area contributed by atoms with Gasteiger partial charge in [0.1, 0.15) is 5.75 Å². The van der Waals surface area contributed by atoms with E-state index in [0.717, 1.165) is 0 Å². The zero-order valence-electron chi connectivity index (χ0n) is 10.7. The first kappa shape index (κ1) is 14.7. The number of aryl methyl sites for hydroxylation is 1. The molecule has 0 bridgehead atoms. The van der Waals surface area contributed by atoms with Crippen LogP contribution in [0.3, 0.4) is 0 Å². The number of nitro groups is 1. The van der Waals surface area contributed by atoms with Crippen LogP contribution >= 0.6 is 11.6 Å². The van der Waals surface area contributed by atoms with Crippen LogP contribution in [0.25, 0.3) is 0 Å². The molecule has 0 atom stereocenters. The summed E-state index contributed by atoms with van der Waals surface area (Å²) in [6.45, 7) is 1.55. The van der Waals surface area contributed by atoms with Gasteiger partial charge in [0.2, 0.25) is 0 Å². The van der Waals surface area contributed by atoms with Gasteiger partial charge in [-0.1, -0.05) is 11.6 Å². The number of aromatic nitrogens is 1. The predicted molar refractivity (Wildman–Crippen MR) is 74.1 cm³/mol. The van der Waals surface area contributed by atoms with Gasteiger partial charge in [-0.3, -0.25) is 10.1 Å². The average Bonchev–Trinajstić information content (AvgIpc) is 2.40. The molecule has 1 heterocycles. The molecular formula is C13H9ClN2O5. The van der Waals surface area contributed by atoms with E-state index in [-0.39, 0.29) is 27.9 Å². The molecule has 0 fully saturated rings. The van der Waals surface area contributed by atoms with Crippen LogP contribution in [0, 0.1) is 17.0 Å². The number of benzene rings is 1. The monoisotopic (exact) mass is 308 g/mol. The normalized spacial score (nSPS) is 10.2. The van der Waals surface area contributed by atoms with Gasteiger partial charge >= 0.3 is 11.7 Å². The Balaban J connectivity index is 2.44. The van der Waals surface area contributed by atoms with Gasteiger partial charge in [0.15, 0.2) is 0 Å². The van der Waals surface area contributed by atoms with Crippen molar-refractivity contribution in [3.05, 3.63) is 56.7 Å². The first-order chi connectivity index (χ1) is 9.90. The Morgan fingerprint density at radius 2 is 2.14 bits per heavy atom. The number of carbonyl (C=O) groups is 1. The Morgan fingerprint density at radius 3 is 2.76 bits per heavy atom. The van der Waals surface area contributed by atoms with Crippen LogP contribution in [-0.2, 0) is 0 Å². The van der Waals surface area contributed by atoms with Gasteiger partial charge in [0.25, 0.3) is 5.88 Å². The number of halogens is 1. The molecule has 108 valence electrons. The molecule has 0 aliphatic heterocycles. The lowest BCUT2D eigenvalue weighted by atomic mass is 10.2. The van der Waals surface area contributed by atoms with E-state index < -0.39 is 10.9 Å². The van der Waals surface area contributed by atoms with Gasteiger partial charge in [0.05, 0.1) is 15.5 Å². The second-order valence-electron chi connectivity index (χ2n) is 4.09. The molecule has 0 amide bonds. The van der Waals surface area contributed by atoms with Crippen molar-refractivity contribution in [2.24, 2.45) is 0 Å². The van der Waals surface area contributed by atoms with Gasteiger partial charge in [-0.25, -0.2) is 9.78 Å². The summed E-state index contributed by atoms with van der Waals surface area (Å²) in [7, 11) is 0. The van der Waals surface area contributed by atoms with Crippen LogP contribution in [0.15, 0.2) is 30.5 Å². The largest absolute Gasteiger partial charge is 0.478 e. The van der Waals surface area contributed by atoms with Crippen LogP contribution < -0.4 is 4.74 Å². The molecule has 2 rings (SSSR count). The third-order valence-corrected chi connectivity index (χ3v) is 2.99. The van der Waals surface area contributed by atoms with Crippen molar-refractivity contribution in [3.63, 3.8) is 0 Å². The van der Waals surface area contributed by atoms with E-state index in [4.69, 9.17) is 21.4 Å². The minimum atomic E-state index is -1.22. The Morgan fingerprint density at radius 1 is 1.43 bits per heavy atom. The first-order valence-electron chi connectivity index (χ1n) is 5.71. The highest BCUT2D eigenvalue weighted by Crippen LogP contribution is 2.32. The van der Waals surface area contributed by atoms with Gasteiger partial charge in [-0.05, 0) is 31.2 Å². The molecule has 2 aromatic rings. The maximum Gasteiger partial charge on any atom is 0.337 e. The Labute approximate surface area is 123 Å². The van der Waals surface area contributed by atoms with Crippen molar-refractivity contribution >= 4 is 23.3 Å². The molecule has 0 saturated heterocycles. The zero-order valence-corrected chi connectivity index (χ0v) is 11.5. The summed E-state index contributed by atoms with van der Waals surface area (Å²) < 4.78 is 5.32. The van der Waals surface area contributed by atoms with E-state index in [9.17, 15) is 14.9 Å². The SMILES string of the molecule is Cc1ccnc(Oc2ccc(Cl)c(C(=O)O)c2)c1[N+](=O)[O-]. The number of pyridine rings is 1. The minimum Gasteiger partial charge on any atom is -0.478 e. The third kappa shape index (κ3) is 3.09. The van der Waals surface area contributed by atoms with Gasteiger partial charge < -0.3 is 9.84 Å². The smallest absolute Gasteiger partial charge is 0.337 e. The summed E-state index contributed by atoms with van der Waals surface area (Å²) in [4.78, 5) is 25.2. The fraction of sp³-hybridized carbons (Fsp3) is 0.0769. The third-order valence-electron chi connectivity index (χ3n) is 2.66. The Kier molecular flexibility index (Phi) is 4.04. The van der Waals surface area contributed by atoms with Crippen LogP contribution in [-0.4, -0.2) is 21.0 Å². The van der Waals surface area contributed by atoms with E-state index in [2.05, 4.69) is 4.98 Å².